The van der Waals surface area contributed by atoms with E-state index in [4.69, 9.17) is 5.73 Å². The van der Waals surface area contributed by atoms with E-state index in [2.05, 4.69) is 0 Å². The fourth-order valence-corrected chi connectivity index (χ4v) is 4.72. The molecular formula is C22H27N3O3S. The maximum atomic E-state index is 13.5. The smallest absolute Gasteiger partial charge is 0.237 e. The summed E-state index contributed by atoms with van der Waals surface area (Å²) in [6.07, 6.45) is 0.735. The second kappa shape index (κ2) is 8.78. The maximum absolute atomic E-state index is 13.5. The fourth-order valence-electron chi connectivity index (χ4n) is 3.84. The second-order valence-corrected chi connectivity index (χ2v) is 8.71. The number of amides is 3. The van der Waals surface area contributed by atoms with Gasteiger partial charge in [0.05, 0.1) is 18.5 Å². The van der Waals surface area contributed by atoms with Crippen LogP contribution in [-0.2, 0) is 14.4 Å². The summed E-state index contributed by atoms with van der Waals surface area (Å²) in [5.41, 5.74) is 7.27. The third-order valence-corrected chi connectivity index (χ3v) is 6.24. The number of hydrogen-bond acceptors (Lipinski definition) is 4. The quantitative estimate of drug-likeness (QED) is 0.789. The number of benzene rings is 1. The molecule has 3 rings (SSSR count). The van der Waals surface area contributed by atoms with Gasteiger partial charge < -0.3 is 15.5 Å². The van der Waals surface area contributed by atoms with Crippen LogP contribution in [0.2, 0.25) is 0 Å². The van der Waals surface area contributed by atoms with Crippen LogP contribution in [0.4, 0.5) is 5.69 Å². The molecule has 0 bridgehead atoms. The number of piperidine rings is 1. The summed E-state index contributed by atoms with van der Waals surface area (Å²) in [7, 11) is 0. The zero-order chi connectivity index (χ0) is 21.1. The minimum Gasteiger partial charge on any atom is -0.368 e. The van der Waals surface area contributed by atoms with Gasteiger partial charge in [-0.15, -0.1) is 11.3 Å². The van der Waals surface area contributed by atoms with Crippen molar-refractivity contribution in [3.63, 3.8) is 0 Å². The summed E-state index contributed by atoms with van der Waals surface area (Å²) >= 11 is 1.53. The average Bonchev–Trinajstić information content (AvgIpc) is 3.20. The minimum absolute atomic E-state index is 0.00213. The Morgan fingerprint density at radius 2 is 1.93 bits per heavy atom. The molecule has 2 aromatic rings. The molecule has 29 heavy (non-hydrogen) atoms. The van der Waals surface area contributed by atoms with Crippen LogP contribution >= 0.6 is 11.3 Å². The number of primary amides is 1. The van der Waals surface area contributed by atoms with E-state index in [9.17, 15) is 14.4 Å². The highest BCUT2D eigenvalue weighted by molar-refractivity contribution is 7.10. The normalized spacial score (nSPS) is 19.4. The predicted molar refractivity (Wildman–Crippen MR) is 114 cm³/mol. The third kappa shape index (κ3) is 4.50. The predicted octanol–water partition coefficient (Wildman–Crippen LogP) is 3.26. The lowest BCUT2D eigenvalue weighted by molar-refractivity contribution is -0.142. The lowest BCUT2D eigenvalue weighted by atomic mass is 9.85. The molecule has 1 aromatic carbocycles. The Kier molecular flexibility index (Phi) is 6.37. The van der Waals surface area contributed by atoms with Gasteiger partial charge in [-0.25, -0.2) is 0 Å². The van der Waals surface area contributed by atoms with Gasteiger partial charge in [0.2, 0.25) is 17.7 Å². The van der Waals surface area contributed by atoms with Gasteiger partial charge in [-0.3, -0.25) is 14.4 Å². The Morgan fingerprint density at radius 1 is 1.24 bits per heavy atom. The first-order valence-corrected chi connectivity index (χ1v) is 10.7. The van der Waals surface area contributed by atoms with E-state index in [1.165, 1.54) is 16.2 Å². The molecule has 1 fully saturated rings. The lowest BCUT2D eigenvalue weighted by Crippen LogP contribution is -2.52. The zero-order valence-electron chi connectivity index (χ0n) is 17.0. The number of hydrogen-bond donors (Lipinski definition) is 1. The molecule has 0 radical (unpaired) electrons. The van der Waals surface area contributed by atoms with Crippen LogP contribution < -0.4 is 10.6 Å². The number of aryl methyl sites for hydroxylation is 1. The van der Waals surface area contributed by atoms with Crippen LogP contribution in [0.5, 0.6) is 0 Å². The highest BCUT2D eigenvalue weighted by Crippen LogP contribution is 2.42. The molecule has 2 N–H and O–H groups in total. The van der Waals surface area contributed by atoms with Crippen LogP contribution in [-0.4, -0.2) is 35.2 Å². The number of nitrogens with two attached hydrogens (primary N) is 1. The standard InChI is InChI=1S/C22H27N3O3S/c1-14(2)24(13-19(23)26)22(28)17-10-11-20(27)25(16-8-6-15(3)7-9-16)21(17)18-5-4-12-29-18/h4-9,12,14,17,21H,10-11,13H2,1-3H3,(H2,23,26). The molecular weight excluding hydrogens is 386 g/mol. The van der Waals surface area contributed by atoms with Crippen molar-refractivity contribution in [2.75, 3.05) is 11.4 Å². The Hall–Kier alpha value is -2.67. The molecule has 3 amide bonds. The van der Waals surface area contributed by atoms with Gasteiger partial charge in [-0.1, -0.05) is 23.8 Å². The van der Waals surface area contributed by atoms with E-state index in [0.717, 1.165) is 16.1 Å². The number of rotatable bonds is 6. The molecule has 0 saturated carbocycles. The fraction of sp³-hybridized carbons (Fsp3) is 0.409. The SMILES string of the molecule is Cc1ccc(N2C(=O)CCC(C(=O)N(CC(N)=O)C(C)C)C2c2cccs2)cc1. The Balaban J connectivity index is 2.04. The molecule has 154 valence electrons. The van der Waals surface area contributed by atoms with Crippen molar-refractivity contribution in [2.24, 2.45) is 11.7 Å². The van der Waals surface area contributed by atoms with E-state index in [-0.39, 0.29) is 30.8 Å². The van der Waals surface area contributed by atoms with E-state index in [1.807, 2.05) is 62.5 Å². The maximum Gasteiger partial charge on any atom is 0.237 e. The largest absolute Gasteiger partial charge is 0.368 e. The molecule has 0 spiro atoms. The molecule has 6 nitrogen and oxygen atoms in total. The van der Waals surface area contributed by atoms with E-state index < -0.39 is 17.9 Å². The highest BCUT2D eigenvalue weighted by atomic mass is 32.1. The number of nitrogens with zero attached hydrogens (tertiary/aromatic N) is 2. The highest BCUT2D eigenvalue weighted by Gasteiger charge is 2.43. The summed E-state index contributed by atoms with van der Waals surface area (Å²) in [6.45, 7) is 5.61. The van der Waals surface area contributed by atoms with Crippen molar-refractivity contribution in [3.8, 4) is 0 Å². The van der Waals surface area contributed by atoms with Gasteiger partial charge in [-0.05, 0) is 50.8 Å². The number of carbonyl (C=O) groups is 3. The second-order valence-electron chi connectivity index (χ2n) is 7.73. The summed E-state index contributed by atoms with van der Waals surface area (Å²) in [5, 5.41) is 1.95. The van der Waals surface area contributed by atoms with E-state index >= 15 is 0 Å². The summed E-state index contributed by atoms with van der Waals surface area (Å²) in [6, 6.07) is 11.1. The van der Waals surface area contributed by atoms with Crippen molar-refractivity contribution in [2.45, 2.75) is 45.7 Å². The van der Waals surface area contributed by atoms with Crippen molar-refractivity contribution in [1.82, 2.24) is 4.90 Å². The van der Waals surface area contributed by atoms with E-state index in [0.29, 0.717) is 6.42 Å². The van der Waals surface area contributed by atoms with Crippen LogP contribution in [0.25, 0.3) is 0 Å². The van der Waals surface area contributed by atoms with Crippen LogP contribution in [0.15, 0.2) is 41.8 Å². The summed E-state index contributed by atoms with van der Waals surface area (Å²) in [5.74, 6) is -1.11. The monoisotopic (exact) mass is 413 g/mol. The third-order valence-electron chi connectivity index (χ3n) is 5.29. The van der Waals surface area contributed by atoms with Gasteiger partial charge in [0.25, 0.3) is 0 Å². The first kappa shape index (κ1) is 21.0. The minimum atomic E-state index is -0.540. The Morgan fingerprint density at radius 3 is 2.48 bits per heavy atom. The molecule has 2 unspecified atom stereocenters. The first-order valence-electron chi connectivity index (χ1n) is 9.80. The Bertz CT molecular complexity index is 877. The lowest BCUT2D eigenvalue weighted by Gasteiger charge is -2.42. The average molecular weight is 414 g/mol. The van der Waals surface area contributed by atoms with Crippen molar-refractivity contribution < 1.29 is 14.4 Å². The van der Waals surface area contributed by atoms with Gasteiger partial charge >= 0.3 is 0 Å². The summed E-state index contributed by atoms with van der Waals surface area (Å²) in [4.78, 5) is 42.2. The summed E-state index contributed by atoms with van der Waals surface area (Å²) < 4.78 is 0. The molecule has 1 aliphatic heterocycles. The molecule has 1 saturated heterocycles. The molecule has 2 heterocycles. The molecule has 0 aliphatic carbocycles. The number of thiophene rings is 1. The van der Waals surface area contributed by atoms with Crippen molar-refractivity contribution >= 4 is 34.7 Å². The van der Waals surface area contributed by atoms with Crippen molar-refractivity contribution in [1.29, 1.82) is 0 Å². The Labute approximate surface area is 175 Å². The van der Waals surface area contributed by atoms with Crippen LogP contribution in [0.3, 0.4) is 0 Å². The topological polar surface area (TPSA) is 83.7 Å². The van der Waals surface area contributed by atoms with Gasteiger partial charge in [0.1, 0.15) is 0 Å². The van der Waals surface area contributed by atoms with Gasteiger partial charge in [0, 0.05) is 23.0 Å². The molecule has 2 atom stereocenters. The number of carbonyl (C=O) groups excluding carboxylic acids is 3. The van der Waals surface area contributed by atoms with E-state index in [1.54, 1.807) is 4.90 Å². The first-order chi connectivity index (χ1) is 13.8. The molecule has 7 heteroatoms. The zero-order valence-corrected chi connectivity index (χ0v) is 17.8. The van der Waals surface area contributed by atoms with Gasteiger partial charge in [0.15, 0.2) is 0 Å². The van der Waals surface area contributed by atoms with Crippen LogP contribution in [0, 0.1) is 12.8 Å². The van der Waals surface area contributed by atoms with Crippen molar-refractivity contribution in [3.05, 3.63) is 52.2 Å². The molecule has 1 aromatic heterocycles. The number of anilines is 1. The van der Waals surface area contributed by atoms with Gasteiger partial charge in [-0.2, -0.15) is 0 Å². The molecule has 1 aliphatic rings. The van der Waals surface area contributed by atoms with Crippen LogP contribution in [0.1, 0.15) is 43.2 Å².